The number of aromatic nitrogens is 4. The molecule has 4 aromatic rings. The number of nitrogens with one attached hydrogen (secondary N) is 2. The van der Waals surface area contributed by atoms with E-state index in [1.165, 1.54) is 11.3 Å². The summed E-state index contributed by atoms with van der Waals surface area (Å²) in [5.41, 5.74) is 9.68. The van der Waals surface area contributed by atoms with Gasteiger partial charge in [0.05, 0.1) is 30.1 Å². The fraction of sp³-hybridized carbons (Fsp3) is 0.543. The maximum Gasteiger partial charge on any atom is 0.324 e. The molecule has 9 atom stereocenters. The van der Waals surface area contributed by atoms with Gasteiger partial charge in [0.15, 0.2) is 0 Å². The van der Waals surface area contributed by atoms with Crippen LogP contribution in [-0.4, -0.2) is 97.7 Å². The maximum atomic E-state index is 14.8. The third kappa shape index (κ3) is 8.33. The summed E-state index contributed by atoms with van der Waals surface area (Å²) in [7, 11) is 1.70. The zero-order chi connectivity index (χ0) is 43.2. The molecule has 4 aliphatic rings. The predicted molar refractivity (Wildman–Crippen MR) is 235 cm³/mol. The number of carbonyl (C=O) groups is 3. The van der Waals surface area contributed by atoms with Crippen molar-refractivity contribution in [2.75, 3.05) is 26.9 Å². The van der Waals surface area contributed by atoms with Crippen molar-refractivity contribution in [2.24, 2.45) is 22.2 Å². The first kappa shape index (κ1) is 43.0. The first-order chi connectivity index (χ1) is 29.3. The van der Waals surface area contributed by atoms with Crippen LogP contribution in [0.2, 0.25) is 0 Å². The van der Waals surface area contributed by atoms with Gasteiger partial charge >= 0.3 is 5.97 Å². The first-order valence-corrected chi connectivity index (χ1v) is 22.5. The van der Waals surface area contributed by atoms with Crippen molar-refractivity contribution in [1.82, 2.24) is 35.3 Å². The minimum Gasteiger partial charge on any atom is -0.464 e. The number of hydrogen-bond acceptors (Lipinski definition) is 12. The lowest BCUT2D eigenvalue weighted by Crippen LogP contribution is -2.63. The summed E-state index contributed by atoms with van der Waals surface area (Å²) in [5, 5.41) is 6.34. The highest BCUT2D eigenvalue weighted by Crippen LogP contribution is 2.53. The molecule has 1 aliphatic carbocycles. The number of carbonyl (C=O) groups excluding carboxylic acids is 3. The summed E-state index contributed by atoms with van der Waals surface area (Å²) < 4.78 is 20.8. The fourth-order valence-electron chi connectivity index (χ4n) is 9.51. The number of pyridine rings is 1. The third-order valence-corrected chi connectivity index (χ3v) is 14.0. The Kier molecular flexibility index (Phi) is 12.4. The minimum absolute atomic E-state index is 0.00171. The Morgan fingerprint density at radius 3 is 2.69 bits per heavy atom. The number of hydrazine groups is 1. The Balaban J connectivity index is 1.25. The van der Waals surface area contributed by atoms with Gasteiger partial charge in [-0.25, -0.2) is 15.4 Å². The first-order valence-electron chi connectivity index (χ1n) is 21.6. The van der Waals surface area contributed by atoms with E-state index in [2.05, 4.69) is 77.2 Å². The standard InChI is InChI=1S/C46H58N8O6S/c1-9-53-34-16-15-28-21-30(34)31(40(53)29-13-11-18-48-37(29)26(4)58-8)22-46(6,7)23-60-45(57)33-14-12-20-54(52-33)44(56)39(41(59-10-2)43-51-38(28)27(5)61-43)50-42(55)36-25(3)35(36)32-17-19-47-24-49-32/h11,13,15-19,21,24-27,33,35-36,38-39,41,52H,9-10,12,14,20,22-23H2,1-8H3,(H,50,55)/t25-,26+,27?,33+,35-,36+,38?,39+,41+/m1/s1. The SMILES string of the molecule is CCO[C@@H]1C2=NC(c3ccc4c(c3)c(c(-c3cccnc3[C@H](C)OC)n4CC)CC(C)(C)COC(=O)[C@@H]3CCCN(N3)C(=O)[C@H]1NC(=O)[C@H]1[C@H](C)[C@@H]1c1ccncn1)C(C)S2. The number of rotatable bonds is 9. The van der Waals surface area contributed by atoms with E-state index in [0.717, 1.165) is 51.2 Å². The number of esters is 1. The number of aliphatic imine (C=N–C) groups is 1. The van der Waals surface area contributed by atoms with Gasteiger partial charge in [-0.05, 0) is 87.4 Å². The second-order valence-electron chi connectivity index (χ2n) is 17.6. The van der Waals surface area contributed by atoms with Gasteiger partial charge in [-0.2, -0.15) is 0 Å². The van der Waals surface area contributed by atoms with Crippen LogP contribution in [0.4, 0.5) is 0 Å². The van der Waals surface area contributed by atoms with Gasteiger partial charge in [0.2, 0.25) is 5.91 Å². The quantitative estimate of drug-likeness (QED) is 0.181. The molecule has 6 heterocycles. The van der Waals surface area contributed by atoms with Gasteiger partial charge in [0.25, 0.3) is 5.91 Å². The molecular weight excluding hydrogens is 793 g/mol. The Morgan fingerprint density at radius 1 is 1.13 bits per heavy atom. The van der Waals surface area contributed by atoms with Crippen molar-refractivity contribution in [3.8, 4) is 11.3 Å². The number of thioether (sulfide) groups is 1. The van der Waals surface area contributed by atoms with E-state index in [-0.39, 0.29) is 54.3 Å². The highest BCUT2D eigenvalue weighted by atomic mass is 32.2. The number of ether oxygens (including phenoxy) is 3. The van der Waals surface area contributed by atoms with Crippen molar-refractivity contribution >= 4 is 45.5 Å². The van der Waals surface area contributed by atoms with Crippen molar-refractivity contribution in [3.05, 3.63) is 77.6 Å². The molecule has 14 nitrogen and oxygen atoms in total. The van der Waals surface area contributed by atoms with Crippen LogP contribution in [0.3, 0.4) is 0 Å². The largest absolute Gasteiger partial charge is 0.464 e. The molecule has 0 radical (unpaired) electrons. The molecule has 1 saturated heterocycles. The minimum atomic E-state index is -1.12. The van der Waals surface area contributed by atoms with Gasteiger partial charge in [-0.1, -0.05) is 33.8 Å². The van der Waals surface area contributed by atoms with Crippen LogP contribution in [0, 0.1) is 17.3 Å². The van der Waals surface area contributed by atoms with Crippen molar-refractivity contribution in [2.45, 2.75) is 116 Å². The van der Waals surface area contributed by atoms with Gasteiger partial charge < -0.3 is 24.1 Å². The zero-order valence-corrected chi connectivity index (χ0v) is 37.2. The average molecular weight is 851 g/mol. The van der Waals surface area contributed by atoms with Crippen molar-refractivity contribution < 1.29 is 28.6 Å². The van der Waals surface area contributed by atoms with E-state index in [9.17, 15) is 14.4 Å². The smallest absolute Gasteiger partial charge is 0.324 e. The van der Waals surface area contributed by atoms with Crippen LogP contribution < -0.4 is 10.7 Å². The molecule has 1 saturated carbocycles. The molecule has 61 heavy (non-hydrogen) atoms. The van der Waals surface area contributed by atoms with Gasteiger partial charge in [0.1, 0.15) is 29.6 Å². The number of fused-ring (bicyclic) bond motifs is 5. The summed E-state index contributed by atoms with van der Waals surface area (Å²) >= 11 is 1.57. The van der Waals surface area contributed by atoms with Crippen LogP contribution in [0.15, 0.2) is 60.1 Å². The molecule has 2 amide bonds. The van der Waals surface area contributed by atoms with Crippen LogP contribution in [-0.2, 0) is 41.6 Å². The van der Waals surface area contributed by atoms with E-state index in [0.29, 0.717) is 30.9 Å². The number of cyclic esters (lactones) is 1. The Bertz CT molecular complexity index is 2320. The zero-order valence-electron chi connectivity index (χ0n) is 36.4. The van der Waals surface area contributed by atoms with Gasteiger partial charge in [-0.15, -0.1) is 11.8 Å². The highest BCUT2D eigenvalue weighted by molar-refractivity contribution is 8.14. The monoisotopic (exact) mass is 850 g/mol. The number of benzene rings is 1. The molecule has 6 bridgehead atoms. The van der Waals surface area contributed by atoms with Crippen LogP contribution in [0.25, 0.3) is 22.2 Å². The molecule has 8 rings (SSSR count). The normalized spacial score (nSPS) is 28.2. The lowest BCUT2D eigenvalue weighted by molar-refractivity contribution is -0.156. The van der Waals surface area contributed by atoms with E-state index < -0.39 is 35.5 Å². The Hall–Kier alpha value is -4.70. The number of hydrogen-bond donors (Lipinski definition) is 2. The van der Waals surface area contributed by atoms with Gasteiger partial charge in [0, 0.05) is 83.9 Å². The Morgan fingerprint density at radius 2 is 1.95 bits per heavy atom. The lowest BCUT2D eigenvalue weighted by Gasteiger charge is -2.37. The molecule has 2 fully saturated rings. The number of nitrogens with zero attached hydrogens (tertiary/aromatic N) is 6. The average Bonchev–Trinajstić information content (AvgIpc) is 3.65. The molecule has 2 N–H and O–H groups in total. The summed E-state index contributed by atoms with van der Waals surface area (Å²) in [6.07, 6.45) is 5.53. The van der Waals surface area contributed by atoms with E-state index in [1.54, 1.807) is 31.3 Å². The number of aryl methyl sites for hydroxylation is 1. The molecule has 324 valence electrons. The highest BCUT2D eigenvalue weighted by Gasteiger charge is 2.55. The van der Waals surface area contributed by atoms with E-state index in [1.807, 2.05) is 32.9 Å². The van der Waals surface area contributed by atoms with E-state index >= 15 is 0 Å². The second kappa shape index (κ2) is 17.6. The van der Waals surface area contributed by atoms with Crippen LogP contribution in [0.5, 0.6) is 0 Å². The molecular formula is C46H58N8O6S. The van der Waals surface area contributed by atoms with Crippen LogP contribution in [0.1, 0.15) is 102 Å². The molecule has 3 aromatic heterocycles. The summed E-state index contributed by atoms with van der Waals surface area (Å²) in [4.78, 5) is 61.7. The van der Waals surface area contributed by atoms with Crippen LogP contribution >= 0.6 is 11.8 Å². The fourth-order valence-corrected chi connectivity index (χ4v) is 10.8. The predicted octanol–water partition coefficient (Wildman–Crippen LogP) is 6.36. The second-order valence-corrected chi connectivity index (χ2v) is 19.0. The van der Waals surface area contributed by atoms with Crippen molar-refractivity contribution in [1.29, 1.82) is 0 Å². The lowest BCUT2D eigenvalue weighted by atomic mass is 9.84. The summed E-state index contributed by atoms with van der Waals surface area (Å²) in [5.74, 6) is -1.54. The summed E-state index contributed by atoms with van der Waals surface area (Å²) in [6.45, 7) is 16.0. The molecule has 3 aliphatic heterocycles. The maximum absolute atomic E-state index is 14.8. The molecule has 1 aromatic carbocycles. The number of methoxy groups -OCH3 is 1. The summed E-state index contributed by atoms with van der Waals surface area (Å²) in [6, 6.07) is 10.4. The van der Waals surface area contributed by atoms with E-state index in [4.69, 9.17) is 24.2 Å². The van der Waals surface area contributed by atoms with Gasteiger partial charge in [-0.3, -0.25) is 29.4 Å². The molecule has 0 spiro atoms. The Labute approximate surface area is 362 Å². The third-order valence-electron chi connectivity index (χ3n) is 12.8. The molecule has 2 unspecified atom stereocenters. The number of amides is 2. The van der Waals surface area contributed by atoms with Crippen molar-refractivity contribution in [3.63, 3.8) is 0 Å². The molecule has 15 heteroatoms. The topological polar surface area (TPSA) is 162 Å².